The van der Waals surface area contributed by atoms with Crippen molar-refractivity contribution in [2.24, 2.45) is 4.99 Å². The Labute approximate surface area is 157 Å². The molecule has 0 aromatic heterocycles. The van der Waals surface area contributed by atoms with Gasteiger partial charge >= 0.3 is 0 Å². The van der Waals surface area contributed by atoms with Crippen molar-refractivity contribution in [2.75, 3.05) is 13.7 Å². The first-order valence-electron chi connectivity index (χ1n) is 8.40. The van der Waals surface area contributed by atoms with Gasteiger partial charge in [-0.05, 0) is 49.9 Å². The first kappa shape index (κ1) is 20.1. The maximum Gasteiger partial charge on any atom is 0.191 e. The van der Waals surface area contributed by atoms with E-state index in [0.29, 0.717) is 12.6 Å². The number of halogens is 1. The summed E-state index contributed by atoms with van der Waals surface area (Å²) in [7, 11) is 1.70. The summed E-state index contributed by atoms with van der Waals surface area (Å²) in [6, 6.07) is 6.83. The van der Waals surface area contributed by atoms with Gasteiger partial charge in [-0.3, -0.25) is 0 Å². The zero-order valence-electron chi connectivity index (χ0n) is 14.5. The monoisotopic (exact) mass is 431 g/mol. The van der Waals surface area contributed by atoms with E-state index in [-0.39, 0.29) is 24.0 Å². The quantitative estimate of drug-likeness (QED) is 0.421. The van der Waals surface area contributed by atoms with E-state index < -0.39 is 0 Å². The number of hydrogen-bond acceptors (Lipinski definition) is 2. The second-order valence-corrected chi connectivity index (χ2v) is 6.03. The van der Waals surface area contributed by atoms with Gasteiger partial charge in [-0.2, -0.15) is 0 Å². The van der Waals surface area contributed by atoms with Crippen LogP contribution in [0.1, 0.15) is 50.2 Å². The van der Waals surface area contributed by atoms with Crippen LogP contribution in [0.3, 0.4) is 0 Å². The zero-order valence-corrected chi connectivity index (χ0v) is 16.9. The Morgan fingerprint density at radius 1 is 1.22 bits per heavy atom. The lowest BCUT2D eigenvalue weighted by molar-refractivity contribution is 0.410. The number of aryl methyl sites for hydroxylation is 1. The van der Waals surface area contributed by atoms with Crippen molar-refractivity contribution in [3.63, 3.8) is 0 Å². The zero-order chi connectivity index (χ0) is 15.8. The van der Waals surface area contributed by atoms with Crippen molar-refractivity contribution in [1.82, 2.24) is 10.6 Å². The highest BCUT2D eigenvalue weighted by Gasteiger charge is 2.14. The summed E-state index contributed by atoms with van der Waals surface area (Å²) in [5.74, 6) is 1.82. The van der Waals surface area contributed by atoms with E-state index >= 15 is 0 Å². The molecule has 0 unspecified atom stereocenters. The van der Waals surface area contributed by atoms with Crippen molar-refractivity contribution in [2.45, 2.75) is 58.5 Å². The van der Waals surface area contributed by atoms with Crippen LogP contribution in [0.4, 0.5) is 0 Å². The summed E-state index contributed by atoms with van der Waals surface area (Å²) in [6.07, 6.45) is 6.53. The van der Waals surface area contributed by atoms with E-state index in [0.717, 1.165) is 18.3 Å². The lowest BCUT2D eigenvalue weighted by Gasteiger charge is -2.24. The average molecular weight is 431 g/mol. The maximum atomic E-state index is 5.33. The normalized spacial score (nSPS) is 15.7. The molecule has 0 heterocycles. The molecule has 1 fully saturated rings. The second-order valence-electron chi connectivity index (χ2n) is 6.03. The van der Waals surface area contributed by atoms with Gasteiger partial charge in [-0.15, -0.1) is 24.0 Å². The van der Waals surface area contributed by atoms with Crippen LogP contribution in [0.2, 0.25) is 0 Å². The van der Waals surface area contributed by atoms with Gasteiger partial charge in [0.2, 0.25) is 0 Å². The van der Waals surface area contributed by atoms with Gasteiger partial charge in [-0.25, -0.2) is 4.99 Å². The molecular weight excluding hydrogens is 401 g/mol. The molecule has 0 radical (unpaired) electrons. The summed E-state index contributed by atoms with van der Waals surface area (Å²) in [5.41, 5.74) is 2.38. The van der Waals surface area contributed by atoms with Crippen LogP contribution in [0.5, 0.6) is 5.75 Å². The molecule has 1 aromatic carbocycles. The second kappa shape index (κ2) is 10.7. The predicted octanol–water partition coefficient (Wildman–Crippen LogP) is 4.01. The molecule has 0 amide bonds. The number of guanidine groups is 1. The number of nitrogens with zero attached hydrogens (tertiary/aromatic N) is 1. The Morgan fingerprint density at radius 2 is 1.96 bits per heavy atom. The van der Waals surface area contributed by atoms with Crippen molar-refractivity contribution < 1.29 is 4.74 Å². The number of nitrogens with one attached hydrogen (secondary N) is 2. The smallest absolute Gasteiger partial charge is 0.191 e. The summed E-state index contributed by atoms with van der Waals surface area (Å²) < 4.78 is 5.33. The van der Waals surface area contributed by atoms with Gasteiger partial charge < -0.3 is 15.4 Å². The minimum Gasteiger partial charge on any atom is -0.497 e. The molecule has 1 aliphatic rings. The van der Waals surface area contributed by atoms with E-state index in [1.54, 1.807) is 7.11 Å². The Hall–Kier alpha value is -0.980. The van der Waals surface area contributed by atoms with Crippen molar-refractivity contribution >= 4 is 29.9 Å². The highest BCUT2D eigenvalue weighted by atomic mass is 127. The van der Waals surface area contributed by atoms with Crippen LogP contribution in [-0.4, -0.2) is 25.7 Å². The highest BCUT2D eigenvalue weighted by molar-refractivity contribution is 14.0. The third kappa shape index (κ3) is 6.97. The van der Waals surface area contributed by atoms with E-state index in [4.69, 9.17) is 9.73 Å². The molecule has 130 valence electrons. The maximum absolute atomic E-state index is 5.33. The van der Waals surface area contributed by atoms with E-state index in [2.05, 4.69) is 36.6 Å². The SMILES string of the molecule is CCNC(=NCc1cc(C)cc(OC)c1)NC1CCCCC1.I. The number of methoxy groups -OCH3 is 1. The van der Waals surface area contributed by atoms with Gasteiger partial charge in [0.25, 0.3) is 0 Å². The van der Waals surface area contributed by atoms with Gasteiger partial charge in [-0.1, -0.05) is 25.3 Å². The van der Waals surface area contributed by atoms with E-state index in [1.807, 2.05) is 6.07 Å². The Kier molecular flexibility index (Phi) is 9.36. The first-order valence-corrected chi connectivity index (χ1v) is 8.40. The minimum atomic E-state index is 0. The fraction of sp³-hybridized carbons (Fsp3) is 0.611. The molecular formula is C18H30IN3O. The Morgan fingerprint density at radius 3 is 2.61 bits per heavy atom. The number of ether oxygens (including phenoxy) is 1. The third-order valence-electron chi connectivity index (χ3n) is 4.06. The predicted molar refractivity (Wildman–Crippen MR) is 108 cm³/mol. The fourth-order valence-electron chi connectivity index (χ4n) is 2.96. The number of benzene rings is 1. The van der Waals surface area contributed by atoms with Crippen LogP contribution in [-0.2, 0) is 6.54 Å². The number of rotatable bonds is 5. The topological polar surface area (TPSA) is 45.7 Å². The van der Waals surface area contributed by atoms with Crippen LogP contribution >= 0.6 is 24.0 Å². The molecule has 5 heteroatoms. The highest BCUT2D eigenvalue weighted by Crippen LogP contribution is 2.18. The van der Waals surface area contributed by atoms with Gasteiger partial charge in [0.05, 0.1) is 13.7 Å². The standard InChI is InChI=1S/C18H29N3O.HI/c1-4-19-18(21-16-8-6-5-7-9-16)20-13-15-10-14(2)11-17(12-15)22-3;/h10-12,16H,4-9,13H2,1-3H3,(H2,19,20,21);1H. The Balaban J connectivity index is 0.00000264. The van der Waals surface area contributed by atoms with Crippen LogP contribution in [0.25, 0.3) is 0 Å². The van der Waals surface area contributed by atoms with Crippen LogP contribution in [0.15, 0.2) is 23.2 Å². The van der Waals surface area contributed by atoms with Gasteiger partial charge in [0.15, 0.2) is 5.96 Å². The lowest BCUT2D eigenvalue weighted by atomic mass is 9.96. The van der Waals surface area contributed by atoms with E-state index in [9.17, 15) is 0 Å². The Bertz CT molecular complexity index is 499. The first-order chi connectivity index (χ1) is 10.7. The number of hydrogen-bond donors (Lipinski definition) is 2. The molecule has 0 bridgehead atoms. The molecule has 0 saturated heterocycles. The van der Waals surface area contributed by atoms with Crippen LogP contribution < -0.4 is 15.4 Å². The summed E-state index contributed by atoms with van der Waals surface area (Å²) in [4.78, 5) is 4.73. The third-order valence-corrected chi connectivity index (χ3v) is 4.06. The molecule has 1 aromatic rings. The summed E-state index contributed by atoms with van der Waals surface area (Å²) in [5, 5.41) is 6.93. The largest absolute Gasteiger partial charge is 0.497 e. The molecule has 2 rings (SSSR count). The van der Waals surface area contributed by atoms with Gasteiger partial charge in [0, 0.05) is 12.6 Å². The van der Waals surface area contributed by atoms with E-state index in [1.165, 1.54) is 43.2 Å². The molecule has 2 N–H and O–H groups in total. The average Bonchev–Trinajstić information content (AvgIpc) is 2.53. The van der Waals surface area contributed by atoms with Crippen LogP contribution in [0, 0.1) is 6.92 Å². The van der Waals surface area contributed by atoms with Crippen molar-refractivity contribution in [1.29, 1.82) is 0 Å². The molecule has 4 nitrogen and oxygen atoms in total. The molecule has 0 atom stereocenters. The fourth-order valence-corrected chi connectivity index (χ4v) is 2.96. The number of aliphatic imine (C=N–C) groups is 1. The molecule has 0 spiro atoms. The van der Waals surface area contributed by atoms with Gasteiger partial charge in [0.1, 0.15) is 5.75 Å². The molecule has 0 aliphatic heterocycles. The molecule has 23 heavy (non-hydrogen) atoms. The molecule has 1 aliphatic carbocycles. The summed E-state index contributed by atoms with van der Waals surface area (Å²) >= 11 is 0. The lowest BCUT2D eigenvalue weighted by Crippen LogP contribution is -2.44. The van der Waals surface area contributed by atoms with Crippen molar-refractivity contribution in [3.05, 3.63) is 29.3 Å². The van der Waals surface area contributed by atoms with Crippen molar-refractivity contribution in [3.8, 4) is 5.75 Å². The minimum absolute atomic E-state index is 0. The summed E-state index contributed by atoms with van der Waals surface area (Å²) in [6.45, 7) is 5.74. The molecule has 1 saturated carbocycles.